The van der Waals surface area contributed by atoms with Gasteiger partial charge in [0, 0.05) is 13.0 Å². The molecule has 2 nitrogen and oxygen atoms in total. The summed E-state index contributed by atoms with van der Waals surface area (Å²) >= 11 is 0. The fourth-order valence-corrected chi connectivity index (χ4v) is 2.36. The van der Waals surface area contributed by atoms with Crippen molar-refractivity contribution in [2.24, 2.45) is 0 Å². The van der Waals surface area contributed by atoms with Gasteiger partial charge in [-0.25, -0.2) is 0 Å². The average molecular weight is 197 g/mol. The molecule has 68 valence electrons. The van der Waals surface area contributed by atoms with Gasteiger partial charge in [0.2, 0.25) is 5.91 Å². The van der Waals surface area contributed by atoms with E-state index in [0.29, 0.717) is 12.3 Å². The summed E-state index contributed by atoms with van der Waals surface area (Å²) in [6.45, 7) is 0.894. The number of aryl methyl sites for hydroxylation is 1. The third-order valence-corrected chi connectivity index (χ3v) is 2.99. The van der Waals surface area contributed by atoms with Crippen LogP contribution in [-0.2, 0) is 17.6 Å². The molecule has 0 aliphatic carbocycles. The number of nitrogens with zero attached hydrogens (tertiary/aromatic N) is 1. The van der Waals surface area contributed by atoms with Crippen LogP contribution in [0.15, 0.2) is 18.2 Å². The fourth-order valence-electron chi connectivity index (χ4n) is 2.36. The van der Waals surface area contributed by atoms with Crippen LogP contribution in [-0.4, -0.2) is 42.0 Å². The van der Waals surface area contributed by atoms with E-state index in [1.807, 2.05) is 4.90 Å². The number of amides is 1. The molecule has 0 fully saturated rings. The molecule has 1 aromatic carbocycles. The quantitative estimate of drug-likeness (QED) is 0.565. The van der Waals surface area contributed by atoms with E-state index in [2.05, 4.69) is 18.2 Å². The van der Waals surface area contributed by atoms with E-state index in [1.54, 1.807) is 0 Å². The first kappa shape index (κ1) is 10.2. The van der Waals surface area contributed by atoms with Crippen LogP contribution in [0.1, 0.15) is 17.5 Å². The van der Waals surface area contributed by atoms with Crippen molar-refractivity contribution in [3.8, 4) is 0 Å². The number of benzene rings is 1. The first-order valence-corrected chi connectivity index (χ1v) is 4.77. The monoisotopic (exact) mass is 197 g/mol. The first-order valence-electron chi connectivity index (χ1n) is 4.77. The SMILES string of the molecule is O=C1CCc2cccc3c2N1CC3.[NaH]. The minimum absolute atomic E-state index is 0. The van der Waals surface area contributed by atoms with Crippen molar-refractivity contribution < 1.29 is 4.79 Å². The molecule has 2 aliphatic heterocycles. The van der Waals surface area contributed by atoms with Crippen molar-refractivity contribution in [1.82, 2.24) is 0 Å². The van der Waals surface area contributed by atoms with Crippen molar-refractivity contribution in [2.75, 3.05) is 11.4 Å². The topological polar surface area (TPSA) is 20.3 Å². The Balaban J connectivity index is 0.000000750. The van der Waals surface area contributed by atoms with Crippen LogP contribution in [0.2, 0.25) is 0 Å². The molecule has 0 unspecified atom stereocenters. The maximum atomic E-state index is 11.5. The molecule has 3 heteroatoms. The number of hydrogen-bond donors (Lipinski definition) is 0. The summed E-state index contributed by atoms with van der Waals surface area (Å²) in [5.74, 6) is 0.303. The number of carbonyl (C=O) groups is 1. The van der Waals surface area contributed by atoms with Crippen LogP contribution in [0.3, 0.4) is 0 Å². The molecule has 1 aromatic rings. The van der Waals surface area contributed by atoms with Crippen LogP contribution in [0, 0.1) is 0 Å². The van der Waals surface area contributed by atoms with Gasteiger partial charge in [0.1, 0.15) is 0 Å². The van der Waals surface area contributed by atoms with Gasteiger partial charge >= 0.3 is 29.6 Å². The molecule has 0 bridgehead atoms. The van der Waals surface area contributed by atoms with Crippen LogP contribution >= 0.6 is 0 Å². The Morgan fingerprint density at radius 2 is 1.79 bits per heavy atom. The third kappa shape index (κ3) is 1.33. The van der Waals surface area contributed by atoms with E-state index in [9.17, 15) is 4.79 Å². The minimum atomic E-state index is 0. The van der Waals surface area contributed by atoms with E-state index in [4.69, 9.17) is 0 Å². The van der Waals surface area contributed by atoms with Gasteiger partial charge in [0.25, 0.3) is 0 Å². The molecule has 3 rings (SSSR count). The van der Waals surface area contributed by atoms with E-state index in [1.165, 1.54) is 16.8 Å². The molecule has 1 amide bonds. The second-order valence-electron chi connectivity index (χ2n) is 3.72. The van der Waals surface area contributed by atoms with Gasteiger partial charge in [0.05, 0.1) is 5.69 Å². The average Bonchev–Trinajstić information content (AvgIpc) is 2.57. The van der Waals surface area contributed by atoms with Gasteiger partial charge in [-0.05, 0) is 24.0 Å². The molecular weight excluding hydrogens is 185 g/mol. The Morgan fingerprint density at radius 3 is 2.57 bits per heavy atom. The van der Waals surface area contributed by atoms with E-state index in [-0.39, 0.29) is 29.6 Å². The van der Waals surface area contributed by atoms with Gasteiger partial charge in [-0.1, -0.05) is 18.2 Å². The van der Waals surface area contributed by atoms with Crippen molar-refractivity contribution >= 4 is 41.2 Å². The summed E-state index contributed by atoms with van der Waals surface area (Å²) < 4.78 is 0. The summed E-state index contributed by atoms with van der Waals surface area (Å²) in [4.78, 5) is 13.5. The zero-order valence-corrected chi connectivity index (χ0v) is 7.42. The van der Waals surface area contributed by atoms with Gasteiger partial charge in [-0.3, -0.25) is 4.79 Å². The van der Waals surface area contributed by atoms with Crippen molar-refractivity contribution in [3.05, 3.63) is 29.3 Å². The first-order chi connectivity index (χ1) is 6.36. The normalized spacial score (nSPS) is 17.7. The molecule has 2 heterocycles. The standard InChI is InChI=1S/C11H11NO.Na.H/c13-10-5-4-8-2-1-3-9-6-7-12(10)11(8)9;;/h1-3H,4-7H2;;. The number of carbonyl (C=O) groups excluding carboxylic acids is 1. The van der Waals surface area contributed by atoms with Gasteiger partial charge < -0.3 is 4.90 Å². The van der Waals surface area contributed by atoms with E-state index < -0.39 is 0 Å². The van der Waals surface area contributed by atoms with Crippen molar-refractivity contribution in [2.45, 2.75) is 19.3 Å². The predicted octanol–water partition coefficient (Wildman–Crippen LogP) is 0.873. The van der Waals surface area contributed by atoms with Gasteiger partial charge in [-0.15, -0.1) is 0 Å². The molecule has 0 spiro atoms. The van der Waals surface area contributed by atoms with E-state index in [0.717, 1.165) is 19.4 Å². The zero-order valence-electron chi connectivity index (χ0n) is 7.42. The van der Waals surface area contributed by atoms with E-state index >= 15 is 0 Å². The fraction of sp³-hybridized carbons (Fsp3) is 0.364. The molecule has 0 radical (unpaired) electrons. The van der Waals surface area contributed by atoms with Crippen LogP contribution in [0.5, 0.6) is 0 Å². The molecule has 2 aliphatic rings. The van der Waals surface area contributed by atoms with Gasteiger partial charge in [-0.2, -0.15) is 0 Å². The Hall–Kier alpha value is -0.310. The van der Waals surface area contributed by atoms with Crippen LogP contribution in [0.4, 0.5) is 5.69 Å². The third-order valence-electron chi connectivity index (χ3n) is 2.99. The summed E-state index contributed by atoms with van der Waals surface area (Å²) in [5.41, 5.74) is 3.93. The second kappa shape index (κ2) is 3.69. The molecule has 0 saturated heterocycles. The summed E-state index contributed by atoms with van der Waals surface area (Å²) in [5, 5.41) is 0. The Morgan fingerprint density at radius 1 is 1.07 bits per heavy atom. The molecule has 0 aromatic heterocycles. The Bertz CT molecular complexity index is 389. The number of hydrogen-bond acceptors (Lipinski definition) is 1. The van der Waals surface area contributed by atoms with Gasteiger partial charge in [0.15, 0.2) is 0 Å². The summed E-state index contributed by atoms with van der Waals surface area (Å²) in [7, 11) is 0. The van der Waals surface area contributed by atoms with Crippen molar-refractivity contribution in [3.63, 3.8) is 0 Å². The van der Waals surface area contributed by atoms with Crippen LogP contribution in [0.25, 0.3) is 0 Å². The number of anilines is 1. The molecule has 0 saturated carbocycles. The summed E-state index contributed by atoms with van der Waals surface area (Å²) in [6, 6.07) is 6.38. The van der Waals surface area contributed by atoms with Crippen LogP contribution < -0.4 is 4.90 Å². The second-order valence-corrected chi connectivity index (χ2v) is 3.72. The number of rotatable bonds is 0. The summed E-state index contributed by atoms with van der Waals surface area (Å²) in [6.07, 6.45) is 2.66. The molecule has 0 N–H and O–H groups in total. The Labute approximate surface area is 106 Å². The number of para-hydroxylation sites is 1. The van der Waals surface area contributed by atoms with Crippen molar-refractivity contribution in [1.29, 1.82) is 0 Å². The maximum absolute atomic E-state index is 11.5. The zero-order chi connectivity index (χ0) is 8.84. The molecular formula is C11H12NNaO. The molecule has 14 heavy (non-hydrogen) atoms. The predicted molar refractivity (Wildman–Crippen MR) is 58.0 cm³/mol. The molecule has 0 atom stereocenters. The Kier molecular flexibility index (Phi) is 2.69.